The lowest BCUT2D eigenvalue weighted by Gasteiger charge is -2.58. The van der Waals surface area contributed by atoms with Crippen LogP contribution < -0.4 is 11.1 Å². The highest BCUT2D eigenvalue weighted by Crippen LogP contribution is 2.67. The summed E-state index contributed by atoms with van der Waals surface area (Å²) in [6.45, 7) is 10.6. The lowest BCUT2D eigenvalue weighted by atomic mass is 9.47. The van der Waals surface area contributed by atoms with Gasteiger partial charge in [-0.15, -0.1) is 0 Å². The summed E-state index contributed by atoms with van der Waals surface area (Å²) in [5, 5.41) is 14.0. The van der Waals surface area contributed by atoms with E-state index in [0.717, 1.165) is 73.6 Å². The van der Waals surface area contributed by atoms with Crippen molar-refractivity contribution in [1.29, 1.82) is 0 Å². The molecule has 0 spiro atoms. The topological polar surface area (TPSA) is 133 Å². The zero-order valence-corrected chi connectivity index (χ0v) is 28.8. The number of hydrogen-bond donors (Lipinski definition) is 5. The van der Waals surface area contributed by atoms with Gasteiger partial charge in [-0.3, -0.25) is 4.79 Å². The highest BCUT2D eigenvalue weighted by Gasteiger charge is 2.59. The van der Waals surface area contributed by atoms with E-state index in [2.05, 4.69) is 59.0 Å². The quantitative estimate of drug-likeness (QED) is 0.159. The minimum atomic E-state index is -0.566. The van der Waals surface area contributed by atoms with Crippen LogP contribution >= 0.6 is 0 Å². The first kappa shape index (κ1) is 33.6. The molecule has 6 rings (SSSR count). The second kappa shape index (κ2) is 14.1. The molecule has 0 saturated heterocycles. The number of nitrogens with one attached hydrogen (secondary N) is 3. The highest BCUT2D eigenvalue weighted by atomic mass is 16.3. The molecule has 8 nitrogen and oxygen atoms in total. The zero-order chi connectivity index (χ0) is 32.5. The molecule has 6 N–H and O–H groups in total. The first-order valence-corrected chi connectivity index (χ1v) is 18.4. The minimum absolute atomic E-state index is 0.0912. The maximum Gasteiger partial charge on any atom is 0.167 e. The van der Waals surface area contributed by atoms with Crippen molar-refractivity contribution in [3.8, 4) is 0 Å². The van der Waals surface area contributed by atoms with Crippen molar-refractivity contribution < 1.29 is 9.90 Å². The number of imidazole rings is 2. The number of fused-ring (bicyclic) bond motifs is 5. The van der Waals surface area contributed by atoms with Gasteiger partial charge in [0.1, 0.15) is 0 Å². The van der Waals surface area contributed by atoms with Gasteiger partial charge >= 0.3 is 0 Å². The van der Waals surface area contributed by atoms with Crippen LogP contribution in [0, 0.1) is 46.3 Å². The van der Waals surface area contributed by atoms with E-state index in [0.29, 0.717) is 29.7 Å². The van der Waals surface area contributed by atoms with Crippen molar-refractivity contribution in [2.24, 2.45) is 52.1 Å². The standard InChI is InChI=1S/C38H60N6O2/c1-24(31-10-11-32-30-9-8-26-18-29(45)12-15-37(26,3)33(30)13-16-38(31,32)4)6-5-7-25(2)35(42-17-14-27-20-40-22-43-27)36(46)34(39)19-28-21-41-23-44-28/h8,20-25,29-35,42,45H,5-7,9-19,39H2,1-4H3,(H,40,43)(H,41,44)/t24-,25?,29+,30+,31-,32+,33+,34+,35?,37+,38-/m1/s1. The van der Waals surface area contributed by atoms with Crippen molar-refractivity contribution in [3.05, 3.63) is 48.1 Å². The fourth-order valence-electron chi connectivity index (χ4n) is 11.1. The Morgan fingerprint density at radius 1 is 1.04 bits per heavy atom. The number of aromatic amines is 2. The summed E-state index contributed by atoms with van der Waals surface area (Å²) in [7, 11) is 0. The maximum absolute atomic E-state index is 13.7. The molecule has 0 aromatic carbocycles. The van der Waals surface area contributed by atoms with Gasteiger partial charge in [0.25, 0.3) is 0 Å². The Labute approximate surface area is 276 Å². The number of aliphatic hydroxyl groups is 1. The number of ketones is 1. The molecule has 3 saturated carbocycles. The molecule has 11 atom stereocenters. The molecule has 0 bridgehead atoms. The fraction of sp³-hybridized carbons (Fsp3) is 0.763. The first-order valence-electron chi connectivity index (χ1n) is 18.4. The van der Waals surface area contributed by atoms with Gasteiger partial charge in [-0.2, -0.15) is 0 Å². The Balaban J connectivity index is 1.05. The Kier molecular flexibility index (Phi) is 10.3. The summed E-state index contributed by atoms with van der Waals surface area (Å²) in [5.41, 5.74) is 10.8. The molecule has 2 aromatic rings. The van der Waals surface area contributed by atoms with E-state index in [1.165, 1.54) is 38.5 Å². The van der Waals surface area contributed by atoms with Crippen LogP contribution in [0.2, 0.25) is 0 Å². The summed E-state index contributed by atoms with van der Waals surface area (Å²) in [5.74, 6) is 4.21. The molecule has 4 aliphatic rings. The second-order valence-electron chi connectivity index (χ2n) is 16.3. The molecular weight excluding hydrogens is 572 g/mol. The van der Waals surface area contributed by atoms with Crippen LogP contribution in [0.3, 0.4) is 0 Å². The smallest absolute Gasteiger partial charge is 0.167 e. The largest absolute Gasteiger partial charge is 0.393 e. The van der Waals surface area contributed by atoms with Crippen LogP contribution in [0.1, 0.15) is 110 Å². The van der Waals surface area contributed by atoms with E-state index >= 15 is 0 Å². The molecular formula is C38H60N6O2. The van der Waals surface area contributed by atoms with Gasteiger partial charge in [0, 0.05) is 43.2 Å². The van der Waals surface area contributed by atoms with Crippen LogP contribution in [0.5, 0.6) is 0 Å². The third-order valence-corrected chi connectivity index (χ3v) is 13.7. The molecule has 0 aliphatic heterocycles. The van der Waals surface area contributed by atoms with Crippen molar-refractivity contribution >= 4 is 5.78 Å². The van der Waals surface area contributed by atoms with E-state index in [-0.39, 0.29) is 23.8 Å². The van der Waals surface area contributed by atoms with E-state index in [4.69, 9.17) is 5.73 Å². The zero-order valence-electron chi connectivity index (χ0n) is 28.8. The Morgan fingerprint density at radius 2 is 1.80 bits per heavy atom. The van der Waals surface area contributed by atoms with Crippen molar-refractivity contribution in [1.82, 2.24) is 25.3 Å². The lowest BCUT2D eigenvalue weighted by molar-refractivity contribution is -0.123. The summed E-state index contributed by atoms with van der Waals surface area (Å²) in [4.78, 5) is 28.2. The number of aromatic nitrogens is 4. The van der Waals surface area contributed by atoms with Crippen LogP contribution in [0.4, 0.5) is 0 Å². The van der Waals surface area contributed by atoms with Crippen molar-refractivity contribution in [2.75, 3.05) is 6.54 Å². The molecule has 3 fully saturated rings. The predicted molar refractivity (Wildman–Crippen MR) is 183 cm³/mol. The van der Waals surface area contributed by atoms with E-state index in [9.17, 15) is 9.90 Å². The minimum Gasteiger partial charge on any atom is -0.393 e. The molecule has 2 unspecified atom stereocenters. The monoisotopic (exact) mass is 632 g/mol. The molecule has 46 heavy (non-hydrogen) atoms. The Bertz CT molecular complexity index is 1310. The van der Waals surface area contributed by atoms with Gasteiger partial charge in [0.15, 0.2) is 5.78 Å². The summed E-state index contributed by atoms with van der Waals surface area (Å²) >= 11 is 0. The predicted octanol–water partition coefficient (Wildman–Crippen LogP) is 6.16. The average molecular weight is 633 g/mol. The van der Waals surface area contributed by atoms with Gasteiger partial charge in [-0.25, -0.2) is 9.97 Å². The molecule has 254 valence electrons. The normalized spacial score (nSPS) is 34.9. The number of carbonyl (C=O) groups is 1. The van der Waals surface area contributed by atoms with Gasteiger partial charge in [0.2, 0.25) is 0 Å². The van der Waals surface area contributed by atoms with Crippen molar-refractivity contribution in [2.45, 2.75) is 129 Å². The van der Waals surface area contributed by atoms with Crippen LogP contribution in [0.25, 0.3) is 0 Å². The first-order chi connectivity index (χ1) is 22.1. The molecule has 8 heteroatoms. The number of nitrogens with zero attached hydrogens (tertiary/aromatic N) is 2. The number of allylic oxidation sites excluding steroid dienone is 1. The highest BCUT2D eigenvalue weighted by molar-refractivity contribution is 5.89. The molecule has 0 amide bonds. The van der Waals surface area contributed by atoms with E-state index < -0.39 is 6.04 Å². The van der Waals surface area contributed by atoms with E-state index in [1.807, 2.05) is 6.20 Å². The third kappa shape index (κ3) is 6.68. The SMILES string of the molecule is CC(CCC[C@@H](C)[C@H]1CC[C@H]2[C@@H]3CC=C4C[C@@H](O)CC[C@]4(C)[C@H]3CC[C@]12C)C(NCCc1cnc[nH]1)C(=O)[C@@H](N)Cc1cnc[nH]1. The number of H-pyrrole nitrogens is 2. The average Bonchev–Trinajstić information content (AvgIpc) is 3.81. The number of nitrogens with two attached hydrogens (primary N) is 1. The molecule has 2 aromatic heterocycles. The van der Waals surface area contributed by atoms with Crippen molar-refractivity contribution in [3.63, 3.8) is 0 Å². The van der Waals surface area contributed by atoms with Crippen LogP contribution in [-0.2, 0) is 17.6 Å². The van der Waals surface area contributed by atoms with E-state index in [1.54, 1.807) is 24.4 Å². The van der Waals surface area contributed by atoms with Gasteiger partial charge < -0.3 is 26.1 Å². The fourth-order valence-corrected chi connectivity index (χ4v) is 11.1. The van der Waals surface area contributed by atoms with Crippen LogP contribution in [0.15, 0.2) is 36.7 Å². The van der Waals surface area contributed by atoms with Gasteiger partial charge in [-0.05, 0) is 104 Å². The molecule has 4 aliphatic carbocycles. The Morgan fingerprint density at radius 3 is 2.54 bits per heavy atom. The number of carbonyl (C=O) groups excluding carboxylic acids is 1. The molecule has 2 heterocycles. The third-order valence-electron chi connectivity index (χ3n) is 13.7. The number of Topliss-reactive ketones (excluding diaryl/α,β-unsaturated/α-hetero) is 1. The summed E-state index contributed by atoms with van der Waals surface area (Å²) < 4.78 is 0. The second-order valence-corrected chi connectivity index (χ2v) is 16.3. The summed E-state index contributed by atoms with van der Waals surface area (Å²) in [6.07, 6.45) is 23.8. The van der Waals surface area contributed by atoms with Crippen LogP contribution in [-0.4, -0.2) is 55.6 Å². The molecule has 0 radical (unpaired) electrons. The van der Waals surface area contributed by atoms with Gasteiger partial charge in [0.05, 0.1) is 30.8 Å². The number of hydrogen-bond acceptors (Lipinski definition) is 6. The number of rotatable bonds is 14. The number of aliphatic hydroxyl groups excluding tert-OH is 1. The van der Waals surface area contributed by atoms with Gasteiger partial charge in [-0.1, -0.05) is 52.2 Å². The summed E-state index contributed by atoms with van der Waals surface area (Å²) in [6, 6.07) is -0.838. The maximum atomic E-state index is 13.7. The Hall–Kier alpha value is -2.29. The lowest BCUT2D eigenvalue weighted by Crippen LogP contribution is -2.51.